The van der Waals surface area contributed by atoms with Crippen molar-refractivity contribution < 1.29 is 0 Å². The lowest BCUT2D eigenvalue weighted by atomic mass is 9.79. The second-order valence-electron chi connectivity index (χ2n) is 6.87. The van der Waals surface area contributed by atoms with E-state index in [4.69, 9.17) is 0 Å². The third-order valence-electron chi connectivity index (χ3n) is 3.78. The number of rotatable bonds is 5. The average molecular weight is 247 g/mol. The molecule has 0 aliphatic carbocycles. The van der Waals surface area contributed by atoms with Crippen LogP contribution in [-0.4, -0.2) is 12.1 Å². The molecule has 1 N–H and O–H groups in total. The topological polar surface area (TPSA) is 12.0 Å². The smallest absolute Gasteiger partial charge is 0.00967 e. The Balaban J connectivity index is 2.74. The maximum absolute atomic E-state index is 3.65. The van der Waals surface area contributed by atoms with Gasteiger partial charge >= 0.3 is 0 Å². The van der Waals surface area contributed by atoms with E-state index in [2.05, 4.69) is 71.1 Å². The van der Waals surface area contributed by atoms with Crippen molar-refractivity contribution in [1.82, 2.24) is 5.32 Å². The highest BCUT2D eigenvalue weighted by atomic mass is 15.0. The molecule has 0 fully saturated rings. The van der Waals surface area contributed by atoms with E-state index in [1.54, 1.807) is 0 Å². The van der Waals surface area contributed by atoms with Gasteiger partial charge in [0.15, 0.2) is 0 Å². The molecule has 0 bridgehead atoms. The van der Waals surface area contributed by atoms with E-state index < -0.39 is 0 Å². The highest BCUT2D eigenvalue weighted by Gasteiger charge is 2.25. The number of nitrogens with one attached hydrogen (secondary N) is 1. The standard InChI is InChI=1S/C17H29N/c1-7-17(6,13-18-16(3,4)5)12-15-11-9-8-10-14(15)2/h8-11,18H,7,12-13H2,1-6H3. The first-order valence-corrected chi connectivity index (χ1v) is 7.05. The Morgan fingerprint density at radius 2 is 1.67 bits per heavy atom. The maximum Gasteiger partial charge on any atom is 0.00967 e. The summed E-state index contributed by atoms with van der Waals surface area (Å²) in [5.41, 5.74) is 3.42. The molecular weight excluding hydrogens is 218 g/mol. The number of hydrogen-bond acceptors (Lipinski definition) is 1. The van der Waals surface area contributed by atoms with E-state index in [9.17, 15) is 0 Å². The zero-order valence-electron chi connectivity index (χ0n) is 12.9. The molecule has 1 aromatic rings. The normalized spacial score (nSPS) is 15.4. The summed E-state index contributed by atoms with van der Waals surface area (Å²) in [6, 6.07) is 8.74. The molecule has 0 aliphatic rings. The molecule has 0 amide bonds. The van der Waals surface area contributed by atoms with Crippen LogP contribution in [0.2, 0.25) is 0 Å². The lowest BCUT2D eigenvalue weighted by Gasteiger charge is -2.33. The molecular formula is C17H29N. The summed E-state index contributed by atoms with van der Waals surface area (Å²) in [5.74, 6) is 0. The summed E-state index contributed by atoms with van der Waals surface area (Å²) in [4.78, 5) is 0. The van der Waals surface area contributed by atoms with Gasteiger partial charge in [-0.05, 0) is 57.1 Å². The molecule has 0 radical (unpaired) electrons. The summed E-state index contributed by atoms with van der Waals surface area (Å²) >= 11 is 0. The first kappa shape index (κ1) is 15.2. The van der Waals surface area contributed by atoms with E-state index in [-0.39, 0.29) is 5.54 Å². The minimum atomic E-state index is 0.197. The first-order valence-electron chi connectivity index (χ1n) is 7.05. The van der Waals surface area contributed by atoms with Crippen molar-refractivity contribution in [2.75, 3.05) is 6.54 Å². The molecule has 0 saturated heterocycles. The minimum Gasteiger partial charge on any atom is -0.312 e. The van der Waals surface area contributed by atoms with Crippen molar-refractivity contribution in [1.29, 1.82) is 0 Å². The van der Waals surface area contributed by atoms with Crippen LogP contribution in [0, 0.1) is 12.3 Å². The van der Waals surface area contributed by atoms with Gasteiger partial charge in [-0.15, -0.1) is 0 Å². The van der Waals surface area contributed by atoms with Crippen molar-refractivity contribution >= 4 is 0 Å². The van der Waals surface area contributed by atoms with Gasteiger partial charge < -0.3 is 5.32 Å². The lowest BCUT2D eigenvalue weighted by molar-refractivity contribution is 0.254. The van der Waals surface area contributed by atoms with Gasteiger partial charge in [-0.1, -0.05) is 38.1 Å². The van der Waals surface area contributed by atoms with Gasteiger partial charge in [-0.25, -0.2) is 0 Å². The Kier molecular flexibility index (Phi) is 4.98. The molecule has 102 valence electrons. The van der Waals surface area contributed by atoms with Gasteiger partial charge in [-0.3, -0.25) is 0 Å². The maximum atomic E-state index is 3.65. The van der Waals surface area contributed by atoms with Crippen LogP contribution in [-0.2, 0) is 6.42 Å². The summed E-state index contributed by atoms with van der Waals surface area (Å²) in [5, 5.41) is 3.65. The van der Waals surface area contributed by atoms with Crippen molar-refractivity contribution in [3.8, 4) is 0 Å². The lowest BCUT2D eigenvalue weighted by Crippen LogP contribution is -2.43. The van der Waals surface area contributed by atoms with Crippen LogP contribution in [0.15, 0.2) is 24.3 Å². The van der Waals surface area contributed by atoms with Crippen LogP contribution >= 0.6 is 0 Å². The van der Waals surface area contributed by atoms with Gasteiger partial charge in [0.25, 0.3) is 0 Å². The van der Waals surface area contributed by atoms with Crippen molar-refractivity contribution in [3.05, 3.63) is 35.4 Å². The molecule has 0 spiro atoms. The van der Waals surface area contributed by atoms with E-state index >= 15 is 0 Å². The number of aryl methyl sites for hydroxylation is 1. The monoisotopic (exact) mass is 247 g/mol. The SMILES string of the molecule is CCC(C)(CNC(C)(C)C)Cc1ccccc1C. The number of hydrogen-bond donors (Lipinski definition) is 1. The largest absolute Gasteiger partial charge is 0.312 e. The van der Waals surface area contributed by atoms with Crippen LogP contribution in [0.1, 0.15) is 52.2 Å². The predicted molar refractivity (Wildman–Crippen MR) is 81.0 cm³/mol. The van der Waals surface area contributed by atoms with Gasteiger partial charge in [0, 0.05) is 12.1 Å². The van der Waals surface area contributed by atoms with Crippen LogP contribution in [0.25, 0.3) is 0 Å². The second-order valence-corrected chi connectivity index (χ2v) is 6.87. The van der Waals surface area contributed by atoms with Crippen LogP contribution < -0.4 is 5.32 Å². The highest BCUT2D eigenvalue weighted by Crippen LogP contribution is 2.27. The molecule has 0 aliphatic heterocycles. The van der Waals surface area contributed by atoms with E-state index in [0.717, 1.165) is 13.0 Å². The minimum absolute atomic E-state index is 0.197. The highest BCUT2D eigenvalue weighted by molar-refractivity contribution is 5.26. The Labute approximate surface area is 113 Å². The van der Waals surface area contributed by atoms with Crippen LogP contribution in [0.4, 0.5) is 0 Å². The summed E-state index contributed by atoms with van der Waals surface area (Å²) < 4.78 is 0. The van der Waals surface area contributed by atoms with Crippen molar-refractivity contribution in [2.24, 2.45) is 5.41 Å². The average Bonchev–Trinajstić information content (AvgIpc) is 2.29. The van der Waals surface area contributed by atoms with E-state index in [0.29, 0.717) is 5.41 Å². The van der Waals surface area contributed by atoms with Gasteiger partial charge in [0.2, 0.25) is 0 Å². The summed E-state index contributed by atoms with van der Waals surface area (Å²) in [6.45, 7) is 14.7. The molecule has 0 heterocycles. The van der Waals surface area contributed by atoms with Gasteiger partial charge in [-0.2, -0.15) is 0 Å². The molecule has 1 aromatic carbocycles. The van der Waals surface area contributed by atoms with E-state index in [1.807, 2.05) is 0 Å². The summed E-state index contributed by atoms with van der Waals surface area (Å²) in [6.07, 6.45) is 2.35. The molecule has 1 nitrogen and oxygen atoms in total. The third-order valence-corrected chi connectivity index (χ3v) is 3.78. The molecule has 1 unspecified atom stereocenters. The Morgan fingerprint density at radius 1 is 1.06 bits per heavy atom. The molecule has 1 rings (SSSR count). The fourth-order valence-electron chi connectivity index (χ4n) is 2.06. The summed E-state index contributed by atoms with van der Waals surface area (Å²) in [7, 11) is 0. The molecule has 1 heteroatoms. The zero-order valence-corrected chi connectivity index (χ0v) is 12.9. The fourth-order valence-corrected chi connectivity index (χ4v) is 2.06. The Morgan fingerprint density at radius 3 is 2.17 bits per heavy atom. The third kappa shape index (κ3) is 4.81. The molecule has 1 atom stereocenters. The van der Waals surface area contributed by atoms with Crippen molar-refractivity contribution in [2.45, 2.75) is 59.9 Å². The first-order chi connectivity index (χ1) is 8.26. The van der Waals surface area contributed by atoms with Crippen LogP contribution in [0.3, 0.4) is 0 Å². The number of benzene rings is 1. The van der Waals surface area contributed by atoms with Gasteiger partial charge in [0.05, 0.1) is 0 Å². The van der Waals surface area contributed by atoms with Crippen molar-refractivity contribution in [3.63, 3.8) is 0 Å². The van der Waals surface area contributed by atoms with E-state index in [1.165, 1.54) is 17.5 Å². The molecule has 0 saturated carbocycles. The van der Waals surface area contributed by atoms with Gasteiger partial charge in [0.1, 0.15) is 0 Å². The quantitative estimate of drug-likeness (QED) is 0.816. The predicted octanol–water partition coefficient (Wildman–Crippen LogP) is 4.34. The molecule has 0 aromatic heterocycles. The Hall–Kier alpha value is -0.820. The second kappa shape index (κ2) is 5.88. The fraction of sp³-hybridized carbons (Fsp3) is 0.647. The van der Waals surface area contributed by atoms with Crippen LogP contribution in [0.5, 0.6) is 0 Å². The zero-order chi connectivity index (χ0) is 13.8. The molecule has 18 heavy (non-hydrogen) atoms. The Bertz CT molecular complexity index is 375.